The first-order valence-electron chi connectivity index (χ1n) is 10.1. The van der Waals surface area contributed by atoms with Crippen LogP contribution in [0.25, 0.3) is 20.8 Å². The Morgan fingerprint density at radius 2 is 1.97 bits per heavy atom. The van der Waals surface area contributed by atoms with E-state index in [9.17, 15) is 10.2 Å². The van der Waals surface area contributed by atoms with E-state index in [4.69, 9.17) is 9.97 Å². The minimum absolute atomic E-state index is 0.0670. The van der Waals surface area contributed by atoms with Gasteiger partial charge in [-0.25, -0.2) is 9.97 Å². The summed E-state index contributed by atoms with van der Waals surface area (Å²) in [5.41, 5.74) is 2.48. The van der Waals surface area contributed by atoms with Gasteiger partial charge in [-0.2, -0.15) is 4.98 Å². The van der Waals surface area contributed by atoms with Crippen LogP contribution in [0.3, 0.4) is 0 Å². The highest BCUT2D eigenvalue weighted by Crippen LogP contribution is 2.36. The molecule has 0 aliphatic heterocycles. The molecule has 3 heterocycles. The molecule has 0 spiro atoms. The number of aliphatic hydroxyl groups is 2. The molecule has 3 aromatic heterocycles. The molecule has 1 aromatic carbocycles. The summed E-state index contributed by atoms with van der Waals surface area (Å²) in [5.74, 6) is 1.10. The number of anilines is 3. The number of hydrogen-bond donors (Lipinski definition) is 4. The first-order chi connectivity index (χ1) is 15.2. The van der Waals surface area contributed by atoms with Gasteiger partial charge in [0.25, 0.3) is 0 Å². The zero-order valence-electron chi connectivity index (χ0n) is 16.6. The van der Waals surface area contributed by atoms with E-state index in [1.54, 1.807) is 29.9 Å². The minimum atomic E-state index is -0.551. The summed E-state index contributed by atoms with van der Waals surface area (Å²) >= 11 is 1.57. The number of pyridine rings is 1. The van der Waals surface area contributed by atoms with Gasteiger partial charge < -0.3 is 20.8 Å². The van der Waals surface area contributed by atoms with E-state index in [0.29, 0.717) is 24.6 Å². The second-order valence-corrected chi connectivity index (χ2v) is 8.68. The SMILES string of the molecule is OC[C@@H]1C[C@@H](O)[C@H](Nc2nc(Nc3cccnc3)ncc2-c2nc3ccccc3s2)C1. The quantitative estimate of drug-likeness (QED) is 0.365. The lowest BCUT2D eigenvalue weighted by Gasteiger charge is -2.19. The summed E-state index contributed by atoms with van der Waals surface area (Å²) in [6.45, 7) is 0.0670. The maximum absolute atomic E-state index is 10.5. The predicted molar refractivity (Wildman–Crippen MR) is 121 cm³/mol. The van der Waals surface area contributed by atoms with Gasteiger partial charge in [0, 0.05) is 19.0 Å². The van der Waals surface area contributed by atoms with Crippen LogP contribution < -0.4 is 10.6 Å². The van der Waals surface area contributed by atoms with Gasteiger partial charge in [-0.1, -0.05) is 12.1 Å². The van der Waals surface area contributed by atoms with Crippen LogP contribution in [-0.2, 0) is 0 Å². The number of benzene rings is 1. The monoisotopic (exact) mass is 434 g/mol. The summed E-state index contributed by atoms with van der Waals surface area (Å²) in [5, 5.41) is 27.3. The van der Waals surface area contributed by atoms with E-state index >= 15 is 0 Å². The van der Waals surface area contributed by atoms with E-state index in [1.165, 1.54) is 0 Å². The molecule has 0 radical (unpaired) electrons. The van der Waals surface area contributed by atoms with E-state index in [1.807, 2.05) is 36.4 Å². The number of nitrogens with one attached hydrogen (secondary N) is 2. The van der Waals surface area contributed by atoms with Crippen molar-refractivity contribution in [3.8, 4) is 10.6 Å². The number of hydrogen-bond acceptors (Lipinski definition) is 9. The second-order valence-electron chi connectivity index (χ2n) is 7.65. The molecule has 3 atom stereocenters. The molecule has 158 valence electrons. The maximum atomic E-state index is 10.5. The van der Waals surface area contributed by atoms with Crippen LogP contribution in [0.2, 0.25) is 0 Å². The molecule has 8 nitrogen and oxygen atoms in total. The topological polar surface area (TPSA) is 116 Å². The third kappa shape index (κ3) is 4.20. The summed E-state index contributed by atoms with van der Waals surface area (Å²) in [6.07, 6.45) is 5.84. The Labute approximate surface area is 183 Å². The lowest BCUT2D eigenvalue weighted by atomic mass is 10.1. The lowest BCUT2D eigenvalue weighted by molar-refractivity contribution is 0.157. The fourth-order valence-corrected chi connectivity index (χ4v) is 4.84. The van der Waals surface area contributed by atoms with Crippen molar-refractivity contribution in [2.75, 3.05) is 17.2 Å². The zero-order valence-corrected chi connectivity index (χ0v) is 17.5. The summed E-state index contributed by atoms with van der Waals surface area (Å²) in [4.78, 5) is 18.0. The van der Waals surface area contributed by atoms with Crippen molar-refractivity contribution in [2.45, 2.75) is 25.0 Å². The molecule has 1 aliphatic rings. The van der Waals surface area contributed by atoms with Crippen molar-refractivity contribution in [3.63, 3.8) is 0 Å². The fourth-order valence-electron chi connectivity index (χ4n) is 3.86. The standard InChI is InChI=1S/C22H22N6O2S/c29-12-13-8-17(18(30)9-13)26-20-15(21-27-16-5-1-2-6-19(16)31-21)11-24-22(28-20)25-14-4-3-7-23-10-14/h1-7,10-11,13,17-18,29-30H,8-9,12H2,(H2,24,25,26,28)/t13-,17+,18+/m0/s1. The van der Waals surface area contributed by atoms with Crippen molar-refractivity contribution < 1.29 is 10.2 Å². The minimum Gasteiger partial charge on any atom is -0.396 e. The van der Waals surface area contributed by atoms with Gasteiger partial charge in [-0.15, -0.1) is 11.3 Å². The third-order valence-electron chi connectivity index (χ3n) is 5.44. The van der Waals surface area contributed by atoms with Crippen molar-refractivity contribution in [1.82, 2.24) is 19.9 Å². The Balaban J connectivity index is 1.51. The van der Waals surface area contributed by atoms with E-state index in [-0.39, 0.29) is 18.6 Å². The average molecular weight is 435 g/mol. The van der Waals surface area contributed by atoms with Gasteiger partial charge in [0.2, 0.25) is 5.95 Å². The van der Waals surface area contributed by atoms with Crippen molar-refractivity contribution in [1.29, 1.82) is 0 Å². The van der Waals surface area contributed by atoms with Crippen LogP contribution >= 0.6 is 11.3 Å². The summed E-state index contributed by atoms with van der Waals surface area (Å²) in [7, 11) is 0. The predicted octanol–water partition coefficient (Wildman–Crippen LogP) is 3.44. The molecule has 0 saturated heterocycles. The molecule has 1 aliphatic carbocycles. The Morgan fingerprint density at radius 1 is 1.06 bits per heavy atom. The number of aromatic nitrogens is 4. The van der Waals surface area contributed by atoms with Crippen LogP contribution in [0.15, 0.2) is 55.0 Å². The largest absolute Gasteiger partial charge is 0.396 e. The van der Waals surface area contributed by atoms with E-state index < -0.39 is 6.10 Å². The van der Waals surface area contributed by atoms with Gasteiger partial charge >= 0.3 is 0 Å². The molecular weight excluding hydrogens is 412 g/mol. The first kappa shape index (κ1) is 19.8. The number of thiazole rings is 1. The van der Waals surface area contributed by atoms with Crippen molar-refractivity contribution in [3.05, 3.63) is 55.0 Å². The highest BCUT2D eigenvalue weighted by atomic mass is 32.1. The Bertz CT molecular complexity index is 1150. The van der Waals surface area contributed by atoms with E-state index in [2.05, 4.69) is 20.6 Å². The van der Waals surface area contributed by atoms with Crippen LogP contribution in [-0.4, -0.2) is 48.9 Å². The molecule has 4 aromatic rings. The molecule has 0 amide bonds. The highest BCUT2D eigenvalue weighted by molar-refractivity contribution is 7.21. The number of rotatable bonds is 6. The molecule has 1 saturated carbocycles. The van der Waals surface area contributed by atoms with Crippen molar-refractivity contribution >= 4 is 39.0 Å². The summed E-state index contributed by atoms with van der Waals surface area (Å²) in [6, 6.07) is 11.5. The van der Waals surface area contributed by atoms with E-state index in [0.717, 1.165) is 26.5 Å². The Morgan fingerprint density at radius 3 is 2.74 bits per heavy atom. The molecule has 1 fully saturated rings. The molecule has 4 N–H and O–H groups in total. The van der Waals surface area contributed by atoms with Gasteiger partial charge in [0.15, 0.2) is 0 Å². The van der Waals surface area contributed by atoms with Gasteiger partial charge in [0.1, 0.15) is 10.8 Å². The highest BCUT2D eigenvalue weighted by Gasteiger charge is 2.33. The first-order valence-corrected chi connectivity index (χ1v) is 11.0. The van der Waals surface area contributed by atoms with Gasteiger partial charge in [0.05, 0.1) is 39.8 Å². The zero-order chi connectivity index (χ0) is 21.2. The molecular formula is C22H22N6O2S. The van der Waals surface area contributed by atoms with Gasteiger partial charge in [-0.3, -0.25) is 4.98 Å². The fraction of sp³-hybridized carbons (Fsp3) is 0.273. The molecule has 5 rings (SSSR count). The normalized spacial score (nSPS) is 20.8. The summed E-state index contributed by atoms with van der Waals surface area (Å²) < 4.78 is 1.09. The third-order valence-corrected chi connectivity index (χ3v) is 6.51. The van der Waals surface area contributed by atoms with Crippen LogP contribution in [0, 0.1) is 5.92 Å². The molecule has 9 heteroatoms. The molecule has 0 bridgehead atoms. The van der Waals surface area contributed by atoms with Gasteiger partial charge in [-0.05, 0) is 43.0 Å². The number of aliphatic hydroxyl groups excluding tert-OH is 2. The lowest BCUT2D eigenvalue weighted by Crippen LogP contribution is -2.28. The molecule has 0 unspecified atom stereocenters. The number of para-hydroxylation sites is 1. The molecule has 31 heavy (non-hydrogen) atoms. The second kappa shape index (κ2) is 8.54. The Kier molecular flexibility index (Phi) is 5.46. The maximum Gasteiger partial charge on any atom is 0.229 e. The average Bonchev–Trinajstić information content (AvgIpc) is 3.38. The van der Waals surface area contributed by atoms with Crippen molar-refractivity contribution in [2.24, 2.45) is 5.92 Å². The van der Waals surface area contributed by atoms with Crippen LogP contribution in [0.1, 0.15) is 12.8 Å². The van der Waals surface area contributed by atoms with Crippen LogP contribution in [0.4, 0.5) is 17.5 Å². The van der Waals surface area contributed by atoms with Crippen LogP contribution in [0.5, 0.6) is 0 Å². The number of fused-ring (bicyclic) bond motifs is 1. The smallest absolute Gasteiger partial charge is 0.229 e. The Hall–Kier alpha value is -3.14. The number of nitrogens with zero attached hydrogens (tertiary/aromatic N) is 4.